The average molecular weight is 234 g/mol. The summed E-state index contributed by atoms with van der Waals surface area (Å²) in [6.45, 7) is 3.71. The van der Waals surface area contributed by atoms with Crippen molar-refractivity contribution >= 4 is 16.6 Å². The molecule has 1 unspecified atom stereocenters. The van der Waals surface area contributed by atoms with Crippen molar-refractivity contribution in [2.24, 2.45) is 0 Å². The van der Waals surface area contributed by atoms with Crippen LogP contribution in [-0.2, 0) is 0 Å². The lowest BCUT2D eigenvalue weighted by atomic mass is 10.1. The van der Waals surface area contributed by atoms with Crippen LogP contribution < -0.4 is 5.32 Å². The predicted molar refractivity (Wildman–Crippen MR) is 66.6 cm³/mol. The number of anilines is 1. The lowest BCUT2D eigenvalue weighted by molar-refractivity contribution is 0.281. The smallest absolute Gasteiger partial charge is 0.149 e. The number of nitrogens with one attached hydrogen (secondary N) is 1. The van der Waals surface area contributed by atoms with Gasteiger partial charge in [-0.2, -0.15) is 0 Å². The number of aryl methyl sites for hydroxylation is 1. The standard InChI is InChI=1S/C13H15FN2O/c1-8-6-12(15-9(2)7-17)10-4-3-5-11(14)13(10)16-8/h3-6,9,17H,7H2,1-2H3,(H,15,16). The van der Waals surface area contributed by atoms with Gasteiger partial charge < -0.3 is 10.4 Å². The molecule has 1 heterocycles. The van der Waals surface area contributed by atoms with Gasteiger partial charge >= 0.3 is 0 Å². The topological polar surface area (TPSA) is 45.1 Å². The van der Waals surface area contributed by atoms with Crippen LogP contribution in [0.3, 0.4) is 0 Å². The van der Waals surface area contributed by atoms with Crippen molar-refractivity contribution in [3.05, 3.63) is 35.8 Å². The van der Waals surface area contributed by atoms with E-state index in [1.54, 1.807) is 6.07 Å². The fourth-order valence-corrected chi connectivity index (χ4v) is 1.77. The number of nitrogens with zero attached hydrogens (tertiary/aromatic N) is 1. The molecule has 1 aromatic carbocycles. The maximum Gasteiger partial charge on any atom is 0.149 e. The van der Waals surface area contributed by atoms with E-state index in [0.29, 0.717) is 5.52 Å². The SMILES string of the molecule is Cc1cc(NC(C)CO)c2cccc(F)c2n1. The lowest BCUT2D eigenvalue weighted by Crippen LogP contribution is -2.19. The van der Waals surface area contributed by atoms with Gasteiger partial charge in [-0.3, -0.25) is 0 Å². The minimum atomic E-state index is -0.328. The van der Waals surface area contributed by atoms with E-state index >= 15 is 0 Å². The van der Waals surface area contributed by atoms with E-state index in [2.05, 4.69) is 10.3 Å². The van der Waals surface area contributed by atoms with Crippen molar-refractivity contribution in [2.45, 2.75) is 19.9 Å². The molecular weight excluding hydrogens is 219 g/mol. The molecule has 0 aliphatic carbocycles. The van der Waals surface area contributed by atoms with Gasteiger partial charge in [-0.1, -0.05) is 12.1 Å². The summed E-state index contributed by atoms with van der Waals surface area (Å²) in [6, 6.07) is 6.64. The third-order valence-electron chi connectivity index (χ3n) is 2.59. The second-order valence-electron chi connectivity index (χ2n) is 4.18. The highest BCUT2D eigenvalue weighted by Crippen LogP contribution is 2.25. The van der Waals surface area contributed by atoms with Crippen LogP contribution in [0.25, 0.3) is 10.9 Å². The number of aromatic nitrogens is 1. The molecule has 0 spiro atoms. The van der Waals surface area contributed by atoms with Crippen LogP contribution in [-0.4, -0.2) is 22.7 Å². The molecule has 2 rings (SSSR count). The van der Waals surface area contributed by atoms with Gasteiger partial charge in [0.25, 0.3) is 0 Å². The zero-order valence-electron chi connectivity index (χ0n) is 9.87. The maximum absolute atomic E-state index is 13.6. The molecule has 1 atom stereocenters. The Kier molecular flexibility index (Phi) is 3.24. The Morgan fingerprint density at radius 2 is 2.24 bits per heavy atom. The van der Waals surface area contributed by atoms with Crippen molar-refractivity contribution in [2.75, 3.05) is 11.9 Å². The second kappa shape index (κ2) is 4.67. The second-order valence-corrected chi connectivity index (χ2v) is 4.18. The fraction of sp³-hybridized carbons (Fsp3) is 0.308. The Morgan fingerprint density at radius 1 is 1.47 bits per heavy atom. The Labute approximate surface area is 99.3 Å². The molecule has 0 aliphatic rings. The number of fused-ring (bicyclic) bond motifs is 1. The number of rotatable bonds is 3. The first-order valence-corrected chi connectivity index (χ1v) is 5.55. The molecule has 0 amide bonds. The maximum atomic E-state index is 13.6. The normalized spacial score (nSPS) is 12.7. The number of aliphatic hydroxyl groups excluding tert-OH is 1. The molecule has 0 aliphatic heterocycles. The van der Waals surface area contributed by atoms with E-state index in [1.165, 1.54) is 6.07 Å². The lowest BCUT2D eigenvalue weighted by Gasteiger charge is -2.15. The zero-order chi connectivity index (χ0) is 12.4. The summed E-state index contributed by atoms with van der Waals surface area (Å²) >= 11 is 0. The van der Waals surface area contributed by atoms with Crippen molar-refractivity contribution in [1.29, 1.82) is 0 Å². The van der Waals surface area contributed by atoms with Crippen LogP contribution >= 0.6 is 0 Å². The molecule has 2 N–H and O–H groups in total. The summed E-state index contributed by atoms with van der Waals surface area (Å²) in [5.74, 6) is -0.328. The van der Waals surface area contributed by atoms with E-state index in [4.69, 9.17) is 5.11 Å². The van der Waals surface area contributed by atoms with Crippen LogP contribution in [0, 0.1) is 12.7 Å². The Hall–Kier alpha value is -1.68. The van der Waals surface area contributed by atoms with Gasteiger partial charge in [-0.15, -0.1) is 0 Å². The number of benzene rings is 1. The summed E-state index contributed by atoms with van der Waals surface area (Å²) in [5.41, 5.74) is 1.91. The highest BCUT2D eigenvalue weighted by Gasteiger charge is 2.09. The van der Waals surface area contributed by atoms with Crippen molar-refractivity contribution < 1.29 is 9.50 Å². The number of hydrogen-bond donors (Lipinski definition) is 2. The van der Waals surface area contributed by atoms with Gasteiger partial charge in [0.1, 0.15) is 11.3 Å². The minimum absolute atomic E-state index is 0.0260. The predicted octanol–water partition coefficient (Wildman–Crippen LogP) is 2.48. The molecule has 3 nitrogen and oxygen atoms in total. The molecule has 90 valence electrons. The molecule has 0 saturated carbocycles. The first-order chi connectivity index (χ1) is 8.11. The van der Waals surface area contributed by atoms with Crippen LogP contribution in [0.5, 0.6) is 0 Å². The van der Waals surface area contributed by atoms with Gasteiger partial charge in [-0.25, -0.2) is 9.37 Å². The first-order valence-electron chi connectivity index (χ1n) is 5.55. The van der Waals surface area contributed by atoms with Crippen LogP contribution in [0.4, 0.5) is 10.1 Å². The zero-order valence-corrected chi connectivity index (χ0v) is 9.87. The Balaban J connectivity index is 2.58. The largest absolute Gasteiger partial charge is 0.394 e. The molecule has 4 heteroatoms. The Bertz CT molecular complexity index is 542. The average Bonchev–Trinajstić information content (AvgIpc) is 2.30. The van der Waals surface area contributed by atoms with Gasteiger partial charge in [0.2, 0.25) is 0 Å². The van der Waals surface area contributed by atoms with E-state index in [9.17, 15) is 4.39 Å². The molecule has 0 radical (unpaired) electrons. The summed E-state index contributed by atoms with van der Waals surface area (Å²) < 4.78 is 13.6. The Morgan fingerprint density at radius 3 is 2.94 bits per heavy atom. The van der Waals surface area contributed by atoms with Crippen LogP contribution in [0.1, 0.15) is 12.6 Å². The molecule has 0 fully saturated rings. The molecule has 17 heavy (non-hydrogen) atoms. The third-order valence-corrected chi connectivity index (χ3v) is 2.59. The number of aliphatic hydroxyl groups is 1. The highest BCUT2D eigenvalue weighted by molar-refractivity contribution is 5.91. The summed E-state index contributed by atoms with van der Waals surface area (Å²) in [4.78, 5) is 4.19. The quantitative estimate of drug-likeness (QED) is 0.857. The van der Waals surface area contributed by atoms with Gasteiger partial charge in [-0.05, 0) is 26.0 Å². The van der Waals surface area contributed by atoms with E-state index in [0.717, 1.165) is 16.8 Å². The first kappa shape index (κ1) is 11.8. The van der Waals surface area contributed by atoms with Crippen molar-refractivity contribution in [1.82, 2.24) is 4.98 Å². The number of halogens is 1. The van der Waals surface area contributed by atoms with E-state index in [1.807, 2.05) is 26.0 Å². The molecule has 0 bridgehead atoms. The molecule has 2 aromatic rings. The molecule has 0 saturated heterocycles. The molecular formula is C13H15FN2O. The van der Waals surface area contributed by atoms with Gasteiger partial charge in [0.05, 0.1) is 6.61 Å². The number of pyridine rings is 1. The van der Waals surface area contributed by atoms with Crippen molar-refractivity contribution in [3.8, 4) is 0 Å². The van der Waals surface area contributed by atoms with E-state index in [-0.39, 0.29) is 18.5 Å². The van der Waals surface area contributed by atoms with Crippen molar-refractivity contribution in [3.63, 3.8) is 0 Å². The third kappa shape index (κ3) is 2.36. The molecule has 1 aromatic heterocycles. The van der Waals surface area contributed by atoms with Gasteiger partial charge in [0, 0.05) is 22.8 Å². The minimum Gasteiger partial charge on any atom is -0.394 e. The number of hydrogen-bond acceptors (Lipinski definition) is 3. The monoisotopic (exact) mass is 234 g/mol. The van der Waals surface area contributed by atoms with E-state index < -0.39 is 0 Å². The van der Waals surface area contributed by atoms with Crippen LogP contribution in [0.15, 0.2) is 24.3 Å². The highest BCUT2D eigenvalue weighted by atomic mass is 19.1. The van der Waals surface area contributed by atoms with Gasteiger partial charge in [0.15, 0.2) is 0 Å². The van der Waals surface area contributed by atoms with Crippen LogP contribution in [0.2, 0.25) is 0 Å². The summed E-state index contributed by atoms with van der Waals surface area (Å²) in [6.07, 6.45) is 0. The fourth-order valence-electron chi connectivity index (χ4n) is 1.77. The summed E-state index contributed by atoms with van der Waals surface area (Å²) in [7, 11) is 0. The summed E-state index contributed by atoms with van der Waals surface area (Å²) in [5, 5.41) is 12.9. The number of para-hydroxylation sites is 1.